The van der Waals surface area contributed by atoms with Crippen molar-refractivity contribution < 1.29 is 0 Å². The van der Waals surface area contributed by atoms with E-state index in [-0.39, 0.29) is 5.92 Å². The number of likely N-dealkylation sites (N-methyl/N-ethyl adjacent to an activating group) is 2. The molecule has 1 aliphatic carbocycles. The molecule has 41 heavy (non-hydrogen) atoms. The van der Waals surface area contributed by atoms with Gasteiger partial charge in [-0.05, 0) is 97.1 Å². The highest BCUT2D eigenvalue weighted by atomic mass is 32.1. The van der Waals surface area contributed by atoms with E-state index in [0.29, 0.717) is 28.1 Å². The van der Waals surface area contributed by atoms with E-state index in [9.17, 15) is 10.7 Å². The number of hydrogen-bond acceptors (Lipinski definition) is 9. The van der Waals surface area contributed by atoms with Gasteiger partial charge in [-0.1, -0.05) is 18.9 Å². The Morgan fingerprint density at radius 2 is 2.00 bits per heavy atom. The number of rotatable bonds is 12. The number of nitriles is 1. The molecule has 2 aliphatic rings. The lowest BCUT2D eigenvalue weighted by Crippen LogP contribution is -2.30. The van der Waals surface area contributed by atoms with Gasteiger partial charge in [0.05, 0.1) is 5.56 Å². The van der Waals surface area contributed by atoms with Crippen molar-refractivity contribution in [1.82, 2.24) is 19.8 Å². The van der Waals surface area contributed by atoms with Crippen LogP contribution in [0.15, 0.2) is 17.2 Å². The van der Waals surface area contributed by atoms with E-state index in [1.165, 1.54) is 24.3 Å². The number of aryl methyl sites for hydroxylation is 2. The number of nitrogen functional groups attached to an aromatic ring is 1. The third kappa shape index (κ3) is 7.17. The van der Waals surface area contributed by atoms with Gasteiger partial charge in [-0.3, -0.25) is 5.41 Å². The average Bonchev–Trinajstić information content (AvgIpc) is 3.53. The maximum absolute atomic E-state index is 9.92. The van der Waals surface area contributed by atoms with Crippen LogP contribution in [0.4, 0.5) is 10.8 Å². The lowest BCUT2D eigenvalue weighted by Gasteiger charge is -2.27. The fraction of sp³-hybridized carbons (Fsp3) is 0.625. The van der Waals surface area contributed by atoms with Crippen LogP contribution < -0.4 is 10.6 Å². The highest BCUT2D eigenvalue weighted by molar-refractivity contribution is 7.16. The first-order valence-electron chi connectivity index (χ1n) is 15.2. The van der Waals surface area contributed by atoms with Gasteiger partial charge in [0.25, 0.3) is 0 Å². The standard InChI is InChI=1S/C32H48N8S/c1-7-10-25(21(2)24-12-8-13-27-29(24)26(20-33)31(35)41-27)30(34)32-36-22(14-15-23-11-9-16-39(23)5)19-28(37-32)40(6)18-17-38(3)4/h19,23-24,34H,7-18,35H2,1-6H3/b25-21+,34-30?/t23?,24-/m1/s1. The Kier molecular flexibility index (Phi) is 10.6. The second-order valence-corrected chi connectivity index (χ2v) is 13.2. The number of anilines is 2. The van der Waals surface area contributed by atoms with E-state index < -0.39 is 0 Å². The monoisotopic (exact) mass is 576 g/mol. The summed E-state index contributed by atoms with van der Waals surface area (Å²) in [5, 5.41) is 20.0. The minimum atomic E-state index is 0.104. The summed E-state index contributed by atoms with van der Waals surface area (Å²) in [4.78, 5) is 18.0. The summed E-state index contributed by atoms with van der Waals surface area (Å²) < 4.78 is 0. The second kappa shape index (κ2) is 13.9. The molecule has 2 atom stereocenters. The van der Waals surface area contributed by atoms with Crippen LogP contribution in [0.1, 0.15) is 92.2 Å². The van der Waals surface area contributed by atoms with Gasteiger partial charge in [-0.15, -0.1) is 11.3 Å². The smallest absolute Gasteiger partial charge is 0.179 e. The summed E-state index contributed by atoms with van der Waals surface area (Å²) in [5.74, 6) is 1.49. The van der Waals surface area contributed by atoms with Crippen LogP contribution in [0, 0.1) is 16.7 Å². The van der Waals surface area contributed by atoms with Crippen LogP contribution in [0.2, 0.25) is 0 Å². The number of nitrogens with zero attached hydrogens (tertiary/aromatic N) is 6. The number of hydrogen-bond donors (Lipinski definition) is 2. The Bertz CT molecular complexity index is 1300. The van der Waals surface area contributed by atoms with Crippen LogP contribution >= 0.6 is 11.3 Å². The minimum absolute atomic E-state index is 0.104. The van der Waals surface area contributed by atoms with Crippen molar-refractivity contribution >= 4 is 27.9 Å². The molecule has 9 heteroatoms. The quantitative estimate of drug-likeness (QED) is 0.316. The zero-order valence-corrected chi connectivity index (χ0v) is 26.7. The first-order valence-corrected chi connectivity index (χ1v) is 16.0. The summed E-state index contributed by atoms with van der Waals surface area (Å²) in [5.41, 5.74) is 11.6. The van der Waals surface area contributed by atoms with Crippen LogP contribution in [0.25, 0.3) is 0 Å². The van der Waals surface area contributed by atoms with E-state index in [1.54, 1.807) is 11.3 Å². The van der Waals surface area contributed by atoms with Gasteiger partial charge < -0.3 is 20.4 Å². The van der Waals surface area contributed by atoms with Gasteiger partial charge in [0.15, 0.2) is 5.82 Å². The molecular formula is C32H48N8S. The Balaban J connectivity index is 1.71. The maximum atomic E-state index is 9.92. The van der Waals surface area contributed by atoms with Crippen molar-refractivity contribution in [2.45, 2.75) is 83.6 Å². The molecule has 1 saturated heterocycles. The predicted molar refractivity (Wildman–Crippen MR) is 171 cm³/mol. The van der Waals surface area contributed by atoms with E-state index in [0.717, 1.165) is 86.3 Å². The molecular weight excluding hydrogens is 528 g/mol. The van der Waals surface area contributed by atoms with Crippen LogP contribution in [-0.2, 0) is 12.8 Å². The molecule has 2 aromatic rings. The van der Waals surface area contributed by atoms with Crippen molar-refractivity contribution in [3.63, 3.8) is 0 Å². The molecule has 8 nitrogen and oxygen atoms in total. The van der Waals surface area contributed by atoms with Crippen LogP contribution in [0.3, 0.4) is 0 Å². The molecule has 0 saturated carbocycles. The van der Waals surface area contributed by atoms with Crippen molar-refractivity contribution in [2.24, 2.45) is 0 Å². The predicted octanol–water partition coefficient (Wildman–Crippen LogP) is 5.62. The van der Waals surface area contributed by atoms with Crippen LogP contribution in [-0.4, -0.2) is 79.3 Å². The summed E-state index contributed by atoms with van der Waals surface area (Å²) in [6, 6.07) is 5.09. The van der Waals surface area contributed by atoms with Gasteiger partial charge in [0.1, 0.15) is 22.6 Å². The van der Waals surface area contributed by atoms with Crippen LogP contribution in [0.5, 0.6) is 0 Å². The summed E-state index contributed by atoms with van der Waals surface area (Å²) in [7, 11) is 8.46. The molecule has 1 unspecified atom stereocenters. The number of aromatic nitrogens is 2. The normalized spacial score (nSPS) is 19.7. The zero-order valence-electron chi connectivity index (χ0n) is 25.9. The Morgan fingerprint density at radius 1 is 1.22 bits per heavy atom. The molecule has 222 valence electrons. The summed E-state index contributed by atoms with van der Waals surface area (Å²) in [6.45, 7) is 7.24. The first kappa shape index (κ1) is 31.1. The molecule has 2 aromatic heterocycles. The van der Waals surface area contributed by atoms with Crippen molar-refractivity contribution in [2.75, 3.05) is 58.5 Å². The third-order valence-corrected chi connectivity index (χ3v) is 9.97. The highest BCUT2D eigenvalue weighted by Gasteiger charge is 2.31. The number of fused-ring (bicyclic) bond motifs is 1. The lowest BCUT2D eigenvalue weighted by molar-refractivity contribution is 0.296. The van der Waals surface area contributed by atoms with E-state index in [2.05, 4.69) is 68.9 Å². The molecule has 0 aromatic carbocycles. The fourth-order valence-corrected chi connectivity index (χ4v) is 7.50. The summed E-state index contributed by atoms with van der Waals surface area (Å²) in [6.07, 6.45) is 9.16. The zero-order chi connectivity index (χ0) is 29.7. The Morgan fingerprint density at radius 3 is 2.66 bits per heavy atom. The molecule has 4 rings (SSSR count). The maximum Gasteiger partial charge on any atom is 0.179 e. The largest absolute Gasteiger partial charge is 0.389 e. The number of nitrogens with two attached hydrogens (primary N) is 1. The van der Waals surface area contributed by atoms with Gasteiger partial charge in [-0.25, -0.2) is 9.97 Å². The second-order valence-electron chi connectivity index (χ2n) is 12.1. The molecule has 3 heterocycles. The van der Waals surface area contributed by atoms with E-state index >= 15 is 0 Å². The minimum Gasteiger partial charge on any atom is -0.389 e. The SMILES string of the molecule is CCC/C(C(=N)c1nc(CCC2CCCN2C)cc(N(C)CCN(C)C)n1)=C(/C)[C@H]1CCCc2sc(N)c(C#N)c21. The first-order chi connectivity index (χ1) is 19.6. The summed E-state index contributed by atoms with van der Waals surface area (Å²) >= 11 is 1.56. The van der Waals surface area contributed by atoms with Gasteiger partial charge in [0.2, 0.25) is 0 Å². The average molecular weight is 577 g/mol. The van der Waals surface area contributed by atoms with Gasteiger partial charge in [-0.2, -0.15) is 5.26 Å². The van der Waals surface area contributed by atoms with E-state index in [4.69, 9.17) is 15.7 Å². The Labute approximate surface area is 250 Å². The number of allylic oxidation sites excluding steroid dienone is 2. The lowest BCUT2D eigenvalue weighted by atomic mass is 9.78. The van der Waals surface area contributed by atoms with E-state index in [1.807, 2.05) is 0 Å². The number of likely N-dealkylation sites (tertiary alicyclic amines) is 1. The molecule has 0 amide bonds. The molecule has 1 fully saturated rings. The molecule has 0 spiro atoms. The number of thiophene rings is 1. The fourth-order valence-electron chi connectivity index (χ4n) is 6.38. The molecule has 3 N–H and O–H groups in total. The van der Waals surface area contributed by atoms with Gasteiger partial charge in [0, 0.05) is 48.7 Å². The molecule has 0 radical (unpaired) electrons. The highest BCUT2D eigenvalue weighted by Crippen LogP contribution is 2.46. The topological polar surface area (TPSA) is 109 Å². The Hall–Kier alpha value is -2.80. The molecule has 1 aliphatic heterocycles. The van der Waals surface area contributed by atoms with Crippen molar-refractivity contribution in [3.05, 3.63) is 44.7 Å². The molecule has 0 bridgehead atoms. The van der Waals surface area contributed by atoms with Crippen molar-refractivity contribution in [1.29, 1.82) is 10.7 Å². The van der Waals surface area contributed by atoms with Crippen molar-refractivity contribution in [3.8, 4) is 6.07 Å². The van der Waals surface area contributed by atoms with Gasteiger partial charge >= 0.3 is 0 Å². The number of nitrogens with one attached hydrogen (secondary N) is 1. The third-order valence-electron chi connectivity index (χ3n) is 8.87.